The highest BCUT2D eigenvalue weighted by molar-refractivity contribution is 14.1. The fourth-order valence-corrected chi connectivity index (χ4v) is 2.85. The average Bonchev–Trinajstić information content (AvgIpc) is 3.56. The molecule has 0 fully saturated rings. The standard InChI is InChI=1S/C9H10N6O3.C6H6N6O3.C3H5IO2/c1-2-5(16)3-15-9(18)14-4-11-6(7(10)17)8(14)12-13-15;7-4(14)3-5-9-10-12(2-13)6(15)11(5)1-8-3;1-6-3(5)2-4/h4H,2-3H2,1H3,(H2,10,17);1,13H,2H2,(H2,7,14);2H2,1H3. The molecule has 208 valence electrons. The molecule has 4 rings (SSSR count). The van der Waals surface area contributed by atoms with Crippen molar-refractivity contribution in [2.24, 2.45) is 11.5 Å². The number of aliphatic hydroxyl groups is 1. The highest BCUT2D eigenvalue weighted by Gasteiger charge is 2.16. The summed E-state index contributed by atoms with van der Waals surface area (Å²) in [7, 11) is 1.38. The highest BCUT2D eigenvalue weighted by atomic mass is 127. The van der Waals surface area contributed by atoms with Gasteiger partial charge in [0, 0.05) is 6.42 Å². The minimum absolute atomic E-state index is 0.0207. The van der Waals surface area contributed by atoms with E-state index in [-0.39, 0.29) is 41.0 Å². The minimum atomic E-state index is -0.798. The molecule has 0 bridgehead atoms. The monoisotopic (exact) mass is 660 g/mol. The van der Waals surface area contributed by atoms with Crippen LogP contribution in [0.2, 0.25) is 0 Å². The quantitative estimate of drug-likeness (QED) is 0.0977. The largest absolute Gasteiger partial charge is 0.468 e. The molecule has 21 heteroatoms. The van der Waals surface area contributed by atoms with Crippen LogP contribution < -0.4 is 22.8 Å². The first-order chi connectivity index (χ1) is 18.5. The number of alkyl halides is 1. The molecular weight excluding hydrogens is 639 g/mol. The molecule has 0 aliphatic carbocycles. The SMILES string of the molecule is CCC(=O)Cn1nnc2c(C(N)=O)ncn2c1=O.COC(=O)CI.NC(=O)c1ncn2c(=O)n(CO)nnc12. The fourth-order valence-electron chi connectivity index (χ4n) is 2.54. The second-order valence-electron chi connectivity index (χ2n) is 6.95. The second-order valence-corrected chi connectivity index (χ2v) is 7.71. The number of hydrogen-bond donors (Lipinski definition) is 3. The Labute approximate surface area is 229 Å². The number of nitrogens with zero attached hydrogens (tertiary/aromatic N) is 10. The number of nitrogens with two attached hydrogens (primary N) is 2. The Morgan fingerprint density at radius 3 is 1.74 bits per heavy atom. The predicted molar refractivity (Wildman–Crippen MR) is 136 cm³/mol. The van der Waals surface area contributed by atoms with Crippen LogP contribution in [0.5, 0.6) is 0 Å². The van der Waals surface area contributed by atoms with Crippen LogP contribution in [-0.2, 0) is 27.6 Å². The molecule has 5 N–H and O–H groups in total. The first-order valence-corrected chi connectivity index (χ1v) is 12.0. The van der Waals surface area contributed by atoms with E-state index in [2.05, 4.69) is 35.3 Å². The maximum atomic E-state index is 11.9. The zero-order chi connectivity index (χ0) is 29.3. The van der Waals surface area contributed by atoms with Gasteiger partial charge in [0.2, 0.25) is 0 Å². The van der Waals surface area contributed by atoms with Crippen molar-refractivity contribution >= 4 is 57.5 Å². The Morgan fingerprint density at radius 2 is 1.38 bits per heavy atom. The van der Waals surface area contributed by atoms with E-state index in [1.807, 2.05) is 22.6 Å². The average molecular weight is 660 g/mol. The zero-order valence-corrected chi connectivity index (χ0v) is 22.5. The molecule has 0 atom stereocenters. The van der Waals surface area contributed by atoms with Crippen LogP contribution >= 0.6 is 22.6 Å². The summed E-state index contributed by atoms with van der Waals surface area (Å²) in [6, 6.07) is 0. The Kier molecular flexibility index (Phi) is 10.8. The van der Waals surface area contributed by atoms with Crippen LogP contribution in [-0.4, -0.2) is 89.0 Å². The molecule has 0 aliphatic heterocycles. The lowest BCUT2D eigenvalue weighted by molar-refractivity contribution is -0.137. The summed E-state index contributed by atoms with van der Waals surface area (Å²) < 4.78 is 8.31. The van der Waals surface area contributed by atoms with E-state index in [4.69, 9.17) is 16.6 Å². The molecule has 20 nitrogen and oxygen atoms in total. The number of ketones is 1. The van der Waals surface area contributed by atoms with E-state index in [9.17, 15) is 28.8 Å². The van der Waals surface area contributed by atoms with Crippen molar-refractivity contribution in [3.05, 3.63) is 45.0 Å². The molecule has 2 amide bonds. The van der Waals surface area contributed by atoms with Gasteiger partial charge in [-0.2, -0.15) is 9.36 Å². The van der Waals surface area contributed by atoms with Crippen LogP contribution in [0.15, 0.2) is 22.2 Å². The van der Waals surface area contributed by atoms with Gasteiger partial charge in [0.05, 0.1) is 11.5 Å². The van der Waals surface area contributed by atoms with Crippen molar-refractivity contribution in [1.29, 1.82) is 0 Å². The van der Waals surface area contributed by atoms with Gasteiger partial charge in [-0.25, -0.2) is 28.4 Å². The number of primary amides is 2. The molecule has 0 saturated heterocycles. The van der Waals surface area contributed by atoms with Crippen LogP contribution in [0.25, 0.3) is 11.3 Å². The molecule has 4 aromatic rings. The van der Waals surface area contributed by atoms with Crippen LogP contribution in [0.4, 0.5) is 0 Å². The summed E-state index contributed by atoms with van der Waals surface area (Å²) in [6.07, 6.45) is 2.51. The number of esters is 1. The number of rotatable bonds is 7. The lowest BCUT2D eigenvalue weighted by Crippen LogP contribution is -2.32. The first kappa shape index (κ1) is 30.6. The Balaban J connectivity index is 0.000000230. The van der Waals surface area contributed by atoms with Gasteiger partial charge < -0.3 is 21.3 Å². The predicted octanol–water partition coefficient (Wildman–Crippen LogP) is -3.71. The van der Waals surface area contributed by atoms with Gasteiger partial charge in [0.15, 0.2) is 28.5 Å². The van der Waals surface area contributed by atoms with Crippen LogP contribution in [0.1, 0.15) is 34.3 Å². The van der Waals surface area contributed by atoms with E-state index < -0.39 is 29.9 Å². The summed E-state index contributed by atoms with van der Waals surface area (Å²) in [6.45, 7) is 0.913. The van der Waals surface area contributed by atoms with Crippen molar-refractivity contribution in [2.45, 2.75) is 26.6 Å². The number of imidazole rings is 2. The number of methoxy groups -OCH3 is 1. The van der Waals surface area contributed by atoms with E-state index in [1.54, 1.807) is 6.92 Å². The Hall–Kier alpha value is -4.67. The molecule has 39 heavy (non-hydrogen) atoms. The molecule has 0 unspecified atom stereocenters. The van der Waals surface area contributed by atoms with Gasteiger partial charge in [0.1, 0.15) is 25.9 Å². The summed E-state index contributed by atoms with van der Waals surface area (Å²) in [5, 5.41) is 22.9. The lowest BCUT2D eigenvalue weighted by Gasteiger charge is -2.01. The summed E-state index contributed by atoms with van der Waals surface area (Å²) >= 11 is 1.94. The number of fused-ring (bicyclic) bond motifs is 2. The fraction of sp³-hybridized carbons (Fsp3) is 0.333. The number of Topliss-reactive ketones (excluding diaryl/α,β-unsaturated/α-hetero) is 1. The summed E-state index contributed by atoms with van der Waals surface area (Å²) in [5.41, 5.74) is 8.51. The van der Waals surface area contributed by atoms with E-state index >= 15 is 0 Å². The number of aromatic nitrogens is 10. The number of carbonyl (C=O) groups excluding carboxylic acids is 4. The summed E-state index contributed by atoms with van der Waals surface area (Å²) in [4.78, 5) is 73.7. The van der Waals surface area contributed by atoms with Crippen LogP contribution in [0, 0.1) is 0 Å². The third kappa shape index (κ3) is 7.22. The number of halogens is 1. The van der Waals surface area contributed by atoms with Crippen molar-refractivity contribution in [2.75, 3.05) is 11.5 Å². The number of carbonyl (C=O) groups is 4. The number of hydrogen-bond acceptors (Lipinski definition) is 14. The molecule has 0 aromatic carbocycles. The summed E-state index contributed by atoms with van der Waals surface area (Å²) in [5.74, 6) is -1.92. The molecule has 0 spiro atoms. The third-order valence-electron chi connectivity index (χ3n) is 4.49. The first-order valence-electron chi connectivity index (χ1n) is 10.5. The van der Waals surface area contributed by atoms with Crippen molar-refractivity contribution < 1.29 is 29.0 Å². The number of ether oxygens (including phenoxy) is 1. The molecule has 0 aliphatic rings. The topological polar surface area (TPSA) is 280 Å². The van der Waals surface area contributed by atoms with Gasteiger partial charge in [-0.3, -0.25) is 19.2 Å². The number of aliphatic hydroxyl groups excluding tert-OH is 1. The minimum Gasteiger partial charge on any atom is -0.468 e. The maximum absolute atomic E-state index is 11.9. The number of amides is 2. The van der Waals surface area contributed by atoms with Crippen molar-refractivity contribution in [3.8, 4) is 0 Å². The van der Waals surface area contributed by atoms with E-state index in [0.717, 1.165) is 26.1 Å². The van der Waals surface area contributed by atoms with Gasteiger partial charge in [-0.15, -0.1) is 10.2 Å². The highest BCUT2D eigenvalue weighted by Crippen LogP contribution is 2.01. The Bertz CT molecular complexity index is 1630. The maximum Gasteiger partial charge on any atom is 0.355 e. The molecular formula is C18H21IN12O8. The van der Waals surface area contributed by atoms with E-state index in [1.165, 1.54) is 7.11 Å². The Morgan fingerprint density at radius 1 is 0.923 bits per heavy atom. The van der Waals surface area contributed by atoms with Gasteiger partial charge in [-0.05, 0) is 0 Å². The van der Waals surface area contributed by atoms with Gasteiger partial charge >= 0.3 is 17.3 Å². The van der Waals surface area contributed by atoms with Gasteiger partial charge in [-0.1, -0.05) is 39.9 Å². The second kappa shape index (κ2) is 13.8. The van der Waals surface area contributed by atoms with Crippen molar-refractivity contribution in [3.63, 3.8) is 0 Å². The third-order valence-corrected chi connectivity index (χ3v) is 5.11. The molecule has 4 heterocycles. The van der Waals surface area contributed by atoms with E-state index in [0.29, 0.717) is 15.5 Å². The normalized spacial score (nSPS) is 10.3. The molecule has 4 aromatic heterocycles. The zero-order valence-electron chi connectivity index (χ0n) is 20.3. The smallest absolute Gasteiger partial charge is 0.355 e. The van der Waals surface area contributed by atoms with Crippen molar-refractivity contribution in [1.82, 2.24) is 48.8 Å². The lowest BCUT2D eigenvalue weighted by atomic mass is 10.3. The molecule has 0 saturated carbocycles. The molecule has 0 radical (unpaired) electrons. The van der Waals surface area contributed by atoms with Gasteiger partial charge in [0.25, 0.3) is 11.8 Å². The van der Waals surface area contributed by atoms with Crippen LogP contribution in [0.3, 0.4) is 0 Å².